The Labute approximate surface area is 90.5 Å². The van der Waals surface area contributed by atoms with Gasteiger partial charge < -0.3 is 0 Å². The molecule has 0 bridgehead atoms. The molecular weight excluding hydrogens is 218 g/mol. The van der Waals surface area contributed by atoms with Crippen molar-refractivity contribution in [3.8, 4) is 0 Å². The fourth-order valence-electron chi connectivity index (χ4n) is 1.96. The monoisotopic (exact) mass is 233 g/mol. The molecule has 1 rings (SSSR count). The number of nitrogens with zero attached hydrogens (tertiary/aromatic N) is 1. The highest BCUT2D eigenvalue weighted by atomic mass is 32.2. The normalized spacial score (nSPS) is 28.1. The number of thiocarbonyl (C=S) groups is 1. The number of hydrogen-bond donors (Lipinski definition) is 0. The lowest BCUT2D eigenvalue weighted by molar-refractivity contribution is 0.366. The maximum absolute atomic E-state index is 11.3. The predicted molar refractivity (Wildman–Crippen MR) is 60.5 cm³/mol. The van der Waals surface area contributed by atoms with Gasteiger partial charge in [0.1, 0.15) is 9.84 Å². The van der Waals surface area contributed by atoms with Crippen LogP contribution in [0.2, 0.25) is 0 Å². The summed E-state index contributed by atoms with van der Waals surface area (Å²) < 4.78 is 22.7. The number of rotatable bonds is 3. The largest absolute Gasteiger partial charge is 0.232 e. The van der Waals surface area contributed by atoms with Gasteiger partial charge in [-0.15, -0.1) is 0 Å². The molecular formula is C9H15NO2S2. The predicted octanol–water partition coefficient (Wildman–Crippen LogP) is 1.69. The second-order valence-corrected chi connectivity index (χ2v) is 6.42. The van der Waals surface area contributed by atoms with Crippen molar-refractivity contribution >= 4 is 27.2 Å². The zero-order valence-electron chi connectivity index (χ0n) is 8.27. The van der Waals surface area contributed by atoms with E-state index in [0.717, 1.165) is 25.7 Å². The SMILES string of the molecule is CS(=O)(=O)[C@H]1CCC[C@H](CN=C=S)C1. The van der Waals surface area contributed by atoms with Crippen molar-refractivity contribution in [2.45, 2.75) is 30.9 Å². The molecule has 0 aromatic carbocycles. The minimum atomic E-state index is -2.87. The highest BCUT2D eigenvalue weighted by Crippen LogP contribution is 2.28. The summed E-state index contributed by atoms with van der Waals surface area (Å²) in [5.74, 6) is 0.374. The van der Waals surface area contributed by atoms with E-state index in [1.807, 2.05) is 0 Å². The van der Waals surface area contributed by atoms with Gasteiger partial charge in [-0.3, -0.25) is 0 Å². The van der Waals surface area contributed by atoms with Crippen LogP contribution in [-0.4, -0.2) is 31.6 Å². The van der Waals surface area contributed by atoms with Crippen LogP contribution in [0.3, 0.4) is 0 Å². The molecule has 3 nitrogen and oxygen atoms in total. The van der Waals surface area contributed by atoms with E-state index in [1.54, 1.807) is 0 Å². The van der Waals surface area contributed by atoms with Gasteiger partial charge in [-0.25, -0.2) is 13.4 Å². The average Bonchev–Trinajstić information content (AvgIpc) is 2.14. The van der Waals surface area contributed by atoms with Crippen molar-refractivity contribution in [2.75, 3.05) is 12.8 Å². The molecule has 5 heteroatoms. The first-order chi connectivity index (χ1) is 6.54. The summed E-state index contributed by atoms with van der Waals surface area (Å²) in [6.45, 7) is 0.634. The highest BCUT2D eigenvalue weighted by molar-refractivity contribution is 7.91. The third-order valence-electron chi connectivity index (χ3n) is 2.75. The van der Waals surface area contributed by atoms with E-state index in [1.165, 1.54) is 6.26 Å². The van der Waals surface area contributed by atoms with Crippen molar-refractivity contribution in [3.63, 3.8) is 0 Å². The molecule has 0 unspecified atom stereocenters. The second-order valence-electron chi connectivity index (χ2n) is 3.92. The van der Waals surface area contributed by atoms with E-state index in [-0.39, 0.29) is 5.25 Å². The minimum absolute atomic E-state index is 0.165. The molecule has 80 valence electrons. The summed E-state index contributed by atoms with van der Waals surface area (Å²) in [6, 6.07) is 0. The molecule has 0 amide bonds. The highest BCUT2D eigenvalue weighted by Gasteiger charge is 2.28. The lowest BCUT2D eigenvalue weighted by Crippen LogP contribution is -2.28. The molecule has 1 fully saturated rings. The molecule has 0 radical (unpaired) electrons. The first kappa shape index (κ1) is 11.8. The minimum Gasteiger partial charge on any atom is -0.232 e. The van der Waals surface area contributed by atoms with Gasteiger partial charge >= 0.3 is 0 Å². The van der Waals surface area contributed by atoms with Crippen molar-refractivity contribution < 1.29 is 8.42 Å². The van der Waals surface area contributed by atoms with E-state index in [0.29, 0.717) is 12.5 Å². The summed E-state index contributed by atoms with van der Waals surface area (Å²) in [4.78, 5) is 3.88. The molecule has 0 aliphatic heterocycles. The second kappa shape index (κ2) is 5.01. The average molecular weight is 233 g/mol. The Hall–Kier alpha value is -0.250. The fourth-order valence-corrected chi connectivity index (χ4v) is 3.25. The number of aliphatic imine (C=N–C) groups is 1. The maximum atomic E-state index is 11.3. The zero-order valence-corrected chi connectivity index (χ0v) is 9.90. The van der Waals surface area contributed by atoms with Crippen LogP contribution in [0.15, 0.2) is 4.99 Å². The van der Waals surface area contributed by atoms with Crippen LogP contribution in [0.25, 0.3) is 0 Å². The van der Waals surface area contributed by atoms with Crippen LogP contribution in [0.1, 0.15) is 25.7 Å². The summed E-state index contributed by atoms with van der Waals surface area (Å²) in [7, 11) is -2.87. The summed E-state index contributed by atoms with van der Waals surface area (Å²) in [6.07, 6.45) is 4.90. The third kappa shape index (κ3) is 3.48. The van der Waals surface area contributed by atoms with E-state index in [2.05, 4.69) is 22.4 Å². The number of sulfone groups is 1. The molecule has 2 atom stereocenters. The quantitative estimate of drug-likeness (QED) is 0.550. The Balaban J connectivity index is 2.56. The fraction of sp³-hybridized carbons (Fsp3) is 0.889. The molecule has 0 saturated heterocycles. The van der Waals surface area contributed by atoms with Gasteiger partial charge in [0.25, 0.3) is 0 Å². The van der Waals surface area contributed by atoms with Gasteiger partial charge in [0.15, 0.2) is 0 Å². The molecule has 0 aromatic rings. The van der Waals surface area contributed by atoms with Gasteiger partial charge in [0.2, 0.25) is 0 Å². The molecule has 1 aliphatic carbocycles. The first-order valence-corrected chi connectivity index (χ1v) is 7.13. The number of hydrogen-bond acceptors (Lipinski definition) is 4. The Morgan fingerprint density at radius 1 is 1.50 bits per heavy atom. The van der Waals surface area contributed by atoms with Gasteiger partial charge in [0, 0.05) is 6.26 Å². The van der Waals surface area contributed by atoms with Crippen molar-refractivity contribution in [3.05, 3.63) is 0 Å². The van der Waals surface area contributed by atoms with E-state index in [9.17, 15) is 8.42 Å². The molecule has 1 saturated carbocycles. The van der Waals surface area contributed by atoms with Gasteiger partial charge in [-0.2, -0.15) is 0 Å². The standard InChI is InChI=1S/C9H15NO2S2/c1-14(11,12)9-4-2-3-8(5-9)6-10-7-13/h8-9H,2-6H2,1H3/t8-,9-/m0/s1. The first-order valence-electron chi connectivity index (χ1n) is 4.76. The lowest BCUT2D eigenvalue weighted by Gasteiger charge is -2.26. The lowest BCUT2D eigenvalue weighted by atomic mass is 9.89. The summed E-state index contributed by atoms with van der Waals surface area (Å²) in [5.41, 5.74) is 0. The van der Waals surface area contributed by atoms with Crippen LogP contribution < -0.4 is 0 Å². The van der Waals surface area contributed by atoms with E-state index in [4.69, 9.17) is 0 Å². The van der Waals surface area contributed by atoms with Crippen molar-refractivity contribution in [1.29, 1.82) is 0 Å². The van der Waals surface area contributed by atoms with E-state index >= 15 is 0 Å². The van der Waals surface area contributed by atoms with Crippen LogP contribution in [0.5, 0.6) is 0 Å². The van der Waals surface area contributed by atoms with Gasteiger partial charge in [0.05, 0.1) is 17.0 Å². The van der Waals surface area contributed by atoms with Gasteiger partial charge in [-0.05, 0) is 37.4 Å². The Kier molecular flexibility index (Phi) is 4.23. The van der Waals surface area contributed by atoms with Crippen molar-refractivity contribution in [2.24, 2.45) is 10.9 Å². The third-order valence-corrected chi connectivity index (χ3v) is 4.52. The molecule has 0 heterocycles. The van der Waals surface area contributed by atoms with Crippen LogP contribution >= 0.6 is 12.2 Å². The number of isothiocyanates is 1. The Morgan fingerprint density at radius 3 is 2.79 bits per heavy atom. The topological polar surface area (TPSA) is 46.5 Å². The molecule has 1 aliphatic rings. The molecule has 14 heavy (non-hydrogen) atoms. The van der Waals surface area contributed by atoms with Crippen LogP contribution in [0, 0.1) is 5.92 Å². The summed E-state index contributed by atoms with van der Waals surface area (Å²) in [5, 5.41) is 2.16. The molecule has 0 aromatic heterocycles. The zero-order chi connectivity index (χ0) is 10.6. The van der Waals surface area contributed by atoms with Gasteiger partial charge in [-0.1, -0.05) is 6.42 Å². The van der Waals surface area contributed by atoms with Crippen molar-refractivity contribution in [1.82, 2.24) is 0 Å². The van der Waals surface area contributed by atoms with Crippen LogP contribution in [0.4, 0.5) is 0 Å². The Bertz CT molecular complexity index is 331. The van der Waals surface area contributed by atoms with Crippen LogP contribution in [-0.2, 0) is 9.84 Å². The molecule has 0 spiro atoms. The van der Waals surface area contributed by atoms with E-state index < -0.39 is 9.84 Å². The maximum Gasteiger partial charge on any atom is 0.150 e. The smallest absolute Gasteiger partial charge is 0.150 e. The Morgan fingerprint density at radius 2 is 2.21 bits per heavy atom. The molecule has 0 N–H and O–H groups in total. The summed E-state index contributed by atoms with van der Waals surface area (Å²) >= 11 is 4.49.